The average Bonchev–Trinajstić information content (AvgIpc) is 3.14. The summed E-state index contributed by atoms with van der Waals surface area (Å²) in [6.45, 7) is 1.38. The number of carbonyl (C=O) groups excluding carboxylic acids is 2. The van der Waals surface area contributed by atoms with Gasteiger partial charge in [0.25, 0.3) is 5.91 Å². The first kappa shape index (κ1) is 17.2. The molecule has 7 nitrogen and oxygen atoms in total. The number of pyridine rings is 1. The second-order valence-electron chi connectivity index (χ2n) is 6.89. The number of hydrogen-bond acceptors (Lipinski definition) is 4. The first-order chi connectivity index (χ1) is 13.1. The number of benzene rings is 1. The van der Waals surface area contributed by atoms with Crippen LogP contribution in [0.15, 0.2) is 48.9 Å². The number of piperidine rings is 1. The molecule has 1 aliphatic rings. The number of carbonyl (C=O) groups is 2. The van der Waals surface area contributed by atoms with Crippen molar-refractivity contribution in [1.82, 2.24) is 19.4 Å². The third kappa shape index (κ3) is 3.53. The molecule has 2 N–H and O–H groups in total. The molecule has 3 heterocycles. The Labute approximate surface area is 156 Å². The molecule has 3 aromatic rings. The summed E-state index contributed by atoms with van der Waals surface area (Å²) in [5.41, 5.74) is 6.79. The van der Waals surface area contributed by atoms with Gasteiger partial charge >= 0.3 is 0 Å². The van der Waals surface area contributed by atoms with Crippen molar-refractivity contribution >= 4 is 22.7 Å². The lowest BCUT2D eigenvalue weighted by Crippen LogP contribution is -2.40. The Balaban J connectivity index is 1.54. The van der Waals surface area contributed by atoms with Gasteiger partial charge < -0.3 is 15.2 Å². The fraction of sp³-hybridized carbons (Fsp3) is 0.300. The van der Waals surface area contributed by atoms with Gasteiger partial charge in [-0.05, 0) is 25.0 Å². The highest BCUT2D eigenvalue weighted by Crippen LogP contribution is 2.27. The molecule has 0 spiro atoms. The minimum Gasteiger partial charge on any atom is -0.368 e. The Morgan fingerprint density at radius 3 is 2.93 bits per heavy atom. The van der Waals surface area contributed by atoms with Gasteiger partial charge in [0.05, 0.1) is 11.1 Å². The summed E-state index contributed by atoms with van der Waals surface area (Å²) in [7, 11) is 0. The fourth-order valence-electron chi connectivity index (χ4n) is 3.73. The highest BCUT2D eigenvalue weighted by molar-refractivity contribution is 5.97. The van der Waals surface area contributed by atoms with Crippen molar-refractivity contribution in [1.29, 1.82) is 0 Å². The third-order valence-electron chi connectivity index (χ3n) is 4.99. The number of nitrogens with two attached hydrogens (primary N) is 1. The van der Waals surface area contributed by atoms with Crippen molar-refractivity contribution in [2.75, 3.05) is 13.1 Å². The topological polar surface area (TPSA) is 94.1 Å². The molecule has 0 unspecified atom stereocenters. The predicted octanol–water partition coefficient (Wildman–Crippen LogP) is 1.94. The zero-order valence-electron chi connectivity index (χ0n) is 14.9. The van der Waals surface area contributed by atoms with Crippen molar-refractivity contribution in [3.8, 4) is 0 Å². The van der Waals surface area contributed by atoms with E-state index in [1.807, 2.05) is 35.2 Å². The molecule has 0 aliphatic carbocycles. The lowest BCUT2D eigenvalue weighted by molar-refractivity contribution is -0.118. The molecule has 1 aliphatic heterocycles. The van der Waals surface area contributed by atoms with Crippen LogP contribution in [0.25, 0.3) is 10.9 Å². The van der Waals surface area contributed by atoms with E-state index in [2.05, 4.69) is 9.97 Å². The molecule has 0 bridgehead atoms. The Kier molecular flexibility index (Phi) is 4.58. The number of nitrogens with zero attached hydrogens (tertiary/aromatic N) is 4. The van der Waals surface area contributed by atoms with E-state index in [1.165, 1.54) is 0 Å². The molecule has 1 fully saturated rings. The summed E-state index contributed by atoms with van der Waals surface area (Å²) in [5, 5.41) is 0.953. The van der Waals surface area contributed by atoms with Crippen molar-refractivity contribution in [3.05, 3.63) is 60.3 Å². The molecule has 0 radical (unpaired) electrons. The van der Waals surface area contributed by atoms with Gasteiger partial charge in [0.2, 0.25) is 5.91 Å². The lowest BCUT2D eigenvalue weighted by atomic mass is 9.96. The van der Waals surface area contributed by atoms with Crippen LogP contribution in [0.3, 0.4) is 0 Å². The smallest absolute Gasteiger partial charge is 0.255 e. The van der Waals surface area contributed by atoms with Crippen LogP contribution in [0.1, 0.15) is 34.9 Å². The molecule has 1 atom stereocenters. The maximum atomic E-state index is 13.0. The van der Waals surface area contributed by atoms with Crippen molar-refractivity contribution < 1.29 is 9.59 Å². The molecule has 2 aromatic heterocycles. The van der Waals surface area contributed by atoms with Crippen LogP contribution in [0.5, 0.6) is 0 Å². The van der Waals surface area contributed by atoms with Gasteiger partial charge in [-0.25, -0.2) is 4.98 Å². The molecule has 7 heteroatoms. The van der Waals surface area contributed by atoms with Crippen LogP contribution in [-0.2, 0) is 11.3 Å². The normalized spacial score (nSPS) is 17.2. The van der Waals surface area contributed by atoms with E-state index < -0.39 is 5.91 Å². The molecule has 1 saturated heterocycles. The van der Waals surface area contributed by atoms with E-state index in [0.29, 0.717) is 18.7 Å². The second kappa shape index (κ2) is 7.19. The van der Waals surface area contributed by atoms with Crippen molar-refractivity contribution in [2.24, 2.45) is 5.73 Å². The van der Waals surface area contributed by atoms with Crippen LogP contribution >= 0.6 is 0 Å². The molecular weight excluding hydrogens is 342 g/mol. The second-order valence-corrected chi connectivity index (χ2v) is 6.89. The quantitative estimate of drug-likeness (QED) is 0.766. The van der Waals surface area contributed by atoms with E-state index in [-0.39, 0.29) is 18.4 Å². The summed E-state index contributed by atoms with van der Waals surface area (Å²) >= 11 is 0. The number of hydrogen-bond donors (Lipinski definition) is 1. The van der Waals surface area contributed by atoms with Gasteiger partial charge in [0.15, 0.2) is 0 Å². The summed E-state index contributed by atoms with van der Waals surface area (Å²) in [6.07, 6.45) is 6.89. The van der Waals surface area contributed by atoms with E-state index >= 15 is 0 Å². The van der Waals surface area contributed by atoms with Crippen molar-refractivity contribution in [2.45, 2.75) is 25.3 Å². The first-order valence-corrected chi connectivity index (χ1v) is 9.05. The summed E-state index contributed by atoms with van der Waals surface area (Å²) in [4.78, 5) is 34.9. The summed E-state index contributed by atoms with van der Waals surface area (Å²) in [6, 6.07) is 9.65. The molecule has 1 aromatic carbocycles. The van der Waals surface area contributed by atoms with Crippen LogP contribution in [-0.4, -0.2) is 44.3 Å². The van der Waals surface area contributed by atoms with Gasteiger partial charge in [-0.1, -0.05) is 18.2 Å². The van der Waals surface area contributed by atoms with Gasteiger partial charge in [0, 0.05) is 43.0 Å². The van der Waals surface area contributed by atoms with E-state index in [1.54, 1.807) is 23.2 Å². The minimum atomic E-state index is -0.403. The Morgan fingerprint density at radius 2 is 2.07 bits per heavy atom. The largest absolute Gasteiger partial charge is 0.368 e. The summed E-state index contributed by atoms with van der Waals surface area (Å²) < 4.78 is 1.78. The fourth-order valence-corrected chi connectivity index (χ4v) is 3.73. The number of fused-ring (bicyclic) bond motifs is 1. The predicted molar refractivity (Wildman–Crippen MR) is 101 cm³/mol. The summed E-state index contributed by atoms with van der Waals surface area (Å²) in [5.74, 6) is 0.472. The SMILES string of the molecule is NC(=O)Cn1ccnc1[C@H]1CCCN(C(=O)c2cnc3ccccc3c2)C1. The number of imidazole rings is 1. The molecular formula is C20H21N5O2. The number of rotatable bonds is 4. The van der Waals surface area contributed by atoms with Crippen LogP contribution in [0, 0.1) is 0 Å². The maximum Gasteiger partial charge on any atom is 0.255 e. The highest BCUT2D eigenvalue weighted by atomic mass is 16.2. The minimum absolute atomic E-state index is 0.0223. The van der Waals surface area contributed by atoms with Crippen molar-refractivity contribution in [3.63, 3.8) is 0 Å². The maximum absolute atomic E-state index is 13.0. The van der Waals surface area contributed by atoms with Gasteiger partial charge in [-0.15, -0.1) is 0 Å². The monoisotopic (exact) mass is 363 g/mol. The molecule has 27 heavy (non-hydrogen) atoms. The van der Waals surface area contributed by atoms with Crippen LogP contribution < -0.4 is 5.73 Å². The Bertz CT molecular complexity index is 997. The first-order valence-electron chi connectivity index (χ1n) is 9.05. The number of amides is 2. The zero-order chi connectivity index (χ0) is 18.8. The Hall–Kier alpha value is -3.22. The Morgan fingerprint density at radius 1 is 1.22 bits per heavy atom. The zero-order valence-corrected chi connectivity index (χ0v) is 14.9. The van der Waals surface area contributed by atoms with Gasteiger partial charge in [-0.3, -0.25) is 14.6 Å². The van der Waals surface area contributed by atoms with E-state index in [0.717, 1.165) is 29.6 Å². The molecule has 2 amide bonds. The van der Waals surface area contributed by atoms with E-state index in [9.17, 15) is 9.59 Å². The number of primary amides is 1. The highest BCUT2D eigenvalue weighted by Gasteiger charge is 2.28. The molecule has 4 rings (SSSR count). The number of aromatic nitrogens is 3. The average molecular weight is 363 g/mol. The lowest BCUT2D eigenvalue weighted by Gasteiger charge is -2.32. The standard InChI is InChI=1S/C20H21N5O2/c21-18(26)13-24-9-7-22-19(24)15-5-3-8-25(12-15)20(27)16-10-14-4-1-2-6-17(14)23-11-16/h1-2,4,6-7,9-11,15H,3,5,8,12-13H2,(H2,21,26)/t15-/m0/s1. The molecule has 138 valence electrons. The third-order valence-corrected chi connectivity index (χ3v) is 4.99. The molecule has 0 saturated carbocycles. The number of para-hydroxylation sites is 1. The van der Waals surface area contributed by atoms with Crippen LogP contribution in [0.2, 0.25) is 0 Å². The van der Waals surface area contributed by atoms with Gasteiger partial charge in [-0.2, -0.15) is 0 Å². The van der Waals surface area contributed by atoms with Crippen LogP contribution in [0.4, 0.5) is 0 Å². The number of likely N-dealkylation sites (tertiary alicyclic amines) is 1. The van der Waals surface area contributed by atoms with Gasteiger partial charge in [0.1, 0.15) is 12.4 Å². The van der Waals surface area contributed by atoms with E-state index in [4.69, 9.17) is 5.73 Å².